The van der Waals surface area contributed by atoms with Gasteiger partial charge in [-0.2, -0.15) is 0 Å². The molecule has 0 saturated carbocycles. The SMILES string of the molecule is CNCc1c(N(C)CC(O)COC)nc2sccn12. The second-order valence-corrected chi connectivity index (χ2v) is 5.33. The fraction of sp³-hybridized carbons (Fsp3) is 0.583. The van der Waals surface area contributed by atoms with Crippen molar-refractivity contribution in [2.24, 2.45) is 0 Å². The number of hydrogen-bond donors (Lipinski definition) is 2. The number of rotatable bonds is 7. The topological polar surface area (TPSA) is 62.0 Å². The monoisotopic (exact) mass is 284 g/mol. The summed E-state index contributed by atoms with van der Waals surface area (Å²) in [7, 11) is 5.43. The third kappa shape index (κ3) is 3.06. The third-order valence-corrected chi connectivity index (χ3v) is 3.65. The molecule has 0 aromatic carbocycles. The third-order valence-electron chi connectivity index (χ3n) is 2.89. The second-order valence-electron chi connectivity index (χ2n) is 4.46. The quantitative estimate of drug-likeness (QED) is 0.778. The Morgan fingerprint density at radius 1 is 1.63 bits per heavy atom. The van der Waals surface area contributed by atoms with Gasteiger partial charge in [0.05, 0.1) is 18.4 Å². The van der Waals surface area contributed by atoms with Crippen LogP contribution in [0.3, 0.4) is 0 Å². The molecule has 0 bridgehead atoms. The number of ether oxygens (including phenoxy) is 1. The summed E-state index contributed by atoms with van der Waals surface area (Å²) in [6, 6.07) is 0. The van der Waals surface area contributed by atoms with Crippen molar-refractivity contribution in [3.05, 3.63) is 17.3 Å². The van der Waals surface area contributed by atoms with Crippen molar-refractivity contribution in [2.45, 2.75) is 12.6 Å². The zero-order chi connectivity index (χ0) is 13.8. The molecule has 19 heavy (non-hydrogen) atoms. The molecule has 0 radical (unpaired) electrons. The molecule has 2 aromatic rings. The van der Waals surface area contributed by atoms with E-state index in [1.165, 1.54) is 0 Å². The average molecular weight is 284 g/mol. The lowest BCUT2D eigenvalue weighted by Gasteiger charge is -2.21. The molecule has 0 saturated heterocycles. The van der Waals surface area contributed by atoms with Crippen LogP contribution in [0.15, 0.2) is 11.6 Å². The van der Waals surface area contributed by atoms with Gasteiger partial charge in [0.1, 0.15) is 0 Å². The molecular weight excluding hydrogens is 264 g/mol. The fourth-order valence-corrected chi connectivity index (χ4v) is 2.83. The van der Waals surface area contributed by atoms with Gasteiger partial charge in [0, 0.05) is 38.8 Å². The Balaban J connectivity index is 2.22. The van der Waals surface area contributed by atoms with Crippen molar-refractivity contribution in [2.75, 3.05) is 39.3 Å². The van der Waals surface area contributed by atoms with E-state index < -0.39 is 6.10 Å². The number of likely N-dealkylation sites (N-methyl/N-ethyl adjacent to an activating group) is 1. The number of aliphatic hydroxyl groups is 1. The molecule has 0 amide bonds. The molecule has 0 spiro atoms. The number of imidazole rings is 1. The van der Waals surface area contributed by atoms with E-state index >= 15 is 0 Å². The summed E-state index contributed by atoms with van der Waals surface area (Å²) in [5, 5.41) is 15.0. The lowest BCUT2D eigenvalue weighted by molar-refractivity contribution is 0.0694. The smallest absolute Gasteiger partial charge is 0.195 e. The molecule has 6 nitrogen and oxygen atoms in total. The van der Waals surface area contributed by atoms with Crippen LogP contribution < -0.4 is 10.2 Å². The number of nitrogens with one attached hydrogen (secondary N) is 1. The summed E-state index contributed by atoms with van der Waals surface area (Å²) in [4.78, 5) is 7.55. The van der Waals surface area contributed by atoms with Crippen LogP contribution in [-0.2, 0) is 11.3 Å². The van der Waals surface area contributed by atoms with Gasteiger partial charge < -0.3 is 20.1 Å². The maximum atomic E-state index is 9.81. The minimum atomic E-state index is -0.517. The highest BCUT2D eigenvalue weighted by molar-refractivity contribution is 7.15. The molecule has 2 N–H and O–H groups in total. The molecule has 0 aliphatic heterocycles. The fourth-order valence-electron chi connectivity index (χ4n) is 2.11. The first-order chi connectivity index (χ1) is 9.17. The van der Waals surface area contributed by atoms with Gasteiger partial charge in [0.15, 0.2) is 10.8 Å². The van der Waals surface area contributed by atoms with Crippen molar-refractivity contribution >= 4 is 22.1 Å². The van der Waals surface area contributed by atoms with E-state index in [2.05, 4.69) is 14.7 Å². The van der Waals surface area contributed by atoms with Crippen LogP contribution in [-0.4, -0.2) is 55.0 Å². The Morgan fingerprint density at radius 3 is 3.11 bits per heavy atom. The van der Waals surface area contributed by atoms with E-state index in [4.69, 9.17) is 4.74 Å². The Bertz CT molecular complexity index is 525. The Hall–Kier alpha value is -1.15. The maximum Gasteiger partial charge on any atom is 0.195 e. The number of hydrogen-bond acceptors (Lipinski definition) is 6. The van der Waals surface area contributed by atoms with Crippen molar-refractivity contribution in [1.82, 2.24) is 14.7 Å². The molecular formula is C12H20N4O2S. The highest BCUT2D eigenvalue weighted by Gasteiger charge is 2.18. The normalized spacial score (nSPS) is 13.1. The molecule has 1 atom stereocenters. The standard InChI is InChI=1S/C12H20N4O2S/c1-13-6-10-11(14-12-16(10)4-5-19-12)15(2)7-9(17)8-18-3/h4-5,9,13,17H,6-8H2,1-3H3. The van der Waals surface area contributed by atoms with E-state index in [0.717, 1.165) is 23.0 Å². The first-order valence-electron chi connectivity index (χ1n) is 6.14. The average Bonchev–Trinajstić information content (AvgIpc) is 2.92. The van der Waals surface area contributed by atoms with Gasteiger partial charge in [0.25, 0.3) is 0 Å². The summed E-state index contributed by atoms with van der Waals surface area (Å²) in [5.74, 6) is 0.899. The summed E-state index contributed by atoms with van der Waals surface area (Å²) >= 11 is 1.60. The zero-order valence-electron chi connectivity index (χ0n) is 11.5. The number of thiazole rings is 1. The van der Waals surface area contributed by atoms with Crippen LogP contribution in [0.25, 0.3) is 4.96 Å². The van der Waals surface area contributed by atoms with Crippen LogP contribution in [0.4, 0.5) is 5.82 Å². The number of aromatic nitrogens is 2. The Morgan fingerprint density at radius 2 is 2.42 bits per heavy atom. The van der Waals surface area contributed by atoms with Gasteiger partial charge >= 0.3 is 0 Å². The molecule has 2 heterocycles. The van der Waals surface area contributed by atoms with Crippen LogP contribution >= 0.6 is 11.3 Å². The van der Waals surface area contributed by atoms with Gasteiger partial charge in [-0.05, 0) is 7.05 Å². The van der Waals surface area contributed by atoms with Gasteiger partial charge in [0.2, 0.25) is 0 Å². The highest BCUT2D eigenvalue weighted by Crippen LogP contribution is 2.24. The number of methoxy groups -OCH3 is 1. The minimum absolute atomic E-state index is 0.327. The van der Waals surface area contributed by atoms with Gasteiger partial charge in [-0.3, -0.25) is 4.40 Å². The predicted octanol–water partition coefficient (Wildman–Crippen LogP) is 0.559. The van der Waals surface area contributed by atoms with Gasteiger partial charge in [-0.25, -0.2) is 4.98 Å². The number of fused-ring (bicyclic) bond motifs is 1. The van der Waals surface area contributed by atoms with Crippen LogP contribution in [0.1, 0.15) is 5.69 Å². The predicted molar refractivity (Wildman–Crippen MR) is 77.0 cm³/mol. The van der Waals surface area contributed by atoms with Gasteiger partial charge in [-0.1, -0.05) is 0 Å². The maximum absolute atomic E-state index is 9.81. The minimum Gasteiger partial charge on any atom is -0.389 e. The van der Waals surface area contributed by atoms with E-state index in [0.29, 0.717) is 13.2 Å². The Labute approximate surface area is 116 Å². The number of anilines is 1. The molecule has 106 valence electrons. The molecule has 2 aromatic heterocycles. The first-order valence-corrected chi connectivity index (χ1v) is 7.02. The van der Waals surface area contributed by atoms with Crippen molar-refractivity contribution in [1.29, 1.82) is 0 Å². The van der Waals surface area contributed by atoms with Crippen LogP contribution in [0.2, 0.25) is 0 Å². The largest absolute Gasteiger partial charge is 0.389 e. The van der Waals surface area contributed by atoms with Crippen LogP contribution in [0.5, 0.6) is 0 Å². The first kappa shape index (κ1) is 14.3. The summed E-state index contributed by atoms with van der Waals surface area (Å²) in [5.41, 5.74) is 1.10. The van der Waals surface area contributed by atoms with E-state index in [1.807, 2.05) is 30.6 Å². The van der Waals surface area contributed by atoms with E-state index in [1.54, 1.807) is 18.4 Å². The van der Waals surface area contributed by atoms with Crippen LogP contribution in [0, 0.1) is 0 Å². The highest BCUT2D eigenvalue weighted by atomic mass is 32.1. The molecule has 0 fully saturated rings. The molecule has 1 unspecified atom stereocenters. The molecule has 0 aliphatic rings. The zero-order valence-corrected chi connectivity index (χ0v) is 12.3. The molecule has 7 heteroatoms. The van der Waals surface area contributed by atoms with Crippen molar-refractivity contribution in [3.8, 4) is 0 Å². The summed E-state index contributed by atoms with van der Waals surface area (Å²) in [6.07, 6.45) is 1.50. The number of nitrogens with zero attached hydrogens (tertiary/aromatic N) is 3. The van der Waals surface area contributed by atoms with Crippen molar-refractivity contribution < 1.29 is 9.84 Å². The summed E-state index contributed by atoms with van der Waals surface area (Å²) < 4.78 is 7.03. The Kier molecular flexibility index (Phi) is 4.76. The van der Waals surface area contributed by atoms with Gasteiger partial charge in [-0.15, -0.1) is 11.3 Å². The lowest BCUT2D eigenvalue weighted by atomic mass is 10.3. The van der Waals surface area contributed by atoms with Crippen molar-refractivity contribution in [3.63, 3.8) is 0 Å². The second kappa shape index (κ2) is 6.33. The van der Waals surface area contributed by atoms with E-state index in [-0.39, 0.29) is 0 Å². The van der Waals surface area contributed by atoms with E-state index in [9.17, 15) is 5.11 Å². The number of aliphatic hydroxyl groups excluding tert-OH is 1. The molecule has 2 rings (SSSR count). The lowest BCUT2D eigenvalue weighted by Crippen LogP contribution is -2.33. The summed E-state index contributed by atoms with van der Waals surface area (Å²) in [6.45, 7) is 1.56. The molecule has 0 aliphatic carbocycles.